The fourth-order valence-corrected chi connectivity index (χ4v) is 2.34. The van der Waals surface area contributed by atoms with Crippen LogP contribution in [0.1, 0.15) is 0 Å². The fourth-order valence-electron chi connectivity index (χ4n) is 1.51. The van der Waals surface area contributed by atoms with E-state index >= 15 is 0 Å². The van der Waals surface area contributed by atoms with Crippen LogP contribution in [0.25, 0.3) is 11.1 Å². The quantitative estimate of drug-likeness (QED) is 0.542. The van der Waals surface area contributed by atoms with Crippen LogP contribution in [-0.2, 0) is 0 Å². The van der Waals surface area contributed by atoms with Crippen LogP contribution in [0.2, 0.25) is 20.1 Å². The maximum absolute atomic E-state index is 6.12. The molecule has 1 nitrogen and oxygen atoms in total. The van der Waals surface area contributed by atoms with Gasteiger partial charge in [0, 0.05) is 21.8 Å². The standard InChI is InChI=1S/C12H7Cl4N/c13-6-1-2-7(12(17)3-6)8-4-10(15)11(16)5-9(8)14/h1-5H,17H2. The first kappa shape index (κ1) is 12.8. The van der Waals surface area contributed by atoms with Gasteiger partial charge in [-0.1, -0.05) is 52.5 Å². The van der Waals surface area contributed by atoms with E-state index in [1.54, 1.807) is 30.3 Å². The van der Waals surface area contributed by atoms with Gasteiger partial charge in [0.25, 0.3) is 0 Å². The summed E-state index contributed by atoms with van der Waals surface area (Å²) in [6.45, 7) is 0. The van der Waals surface area contributed by atoms with Crippen molar-refractivity contribution in [2.75, 3.05) is 5.73 Å². The molecule has 0 aliphatic heterocycles. The van der Waals surface area contributed by atoms with Crippen molar-refractivity contribution in [3.05, 3.63) is 50.4 Å². The van der Waals surface area contributed by atoms with E-state index in [2.05, 4.69) is 0 Å². The third kappa shape index (κ3) is 2.63. The number of nitrogen functional groups attached to an aromatic ring is 1. The molecule has 0 aliphatic carbocycles. The molecule has 2 rings (SSSR count). The van der Waals surface area contributed by atoms with E-state index in [0.29, 0.717) is 25.8 Å². The van der Waals surface area contributed by atoms with Gasteiger partial charge in [-0.05, 0) is 24.3 Å². The molecule has 2 aromatic carbocycles. The van der Waals surface area contributed by atoms with Crippen LogP contribution in [0.5, 0.6) is 0 Å². The van der Waals surface area contributed by atoms with Crippen LogP contribution in [0, 0.1) is 0 Å². The fraction of sp³-hybridized carbons (Fsp3) is 0. The van der Waals surface area contributed by atoms with E-state index in [1.807, 2.05) is 0 Å². The molecule has 0 bridgehead atoms. The Balaban J connectivity index is 2.64. The minimum absolute atomic E-state index is 0.410. The molecule has 88 valence electrons. The molecular formula is C12H7Cl4N. The molecule has 0 atom stereocenters. The van der Waals surface area contributed by atoms with Crippen molar-refractivity contribution in [3.63, 3.8) is 0 Å². The highest BCUT2D eigenvalue weighted by Gasteiger charge is 2.10. The van der Waals surface area contributed by atoms with Crippen molar-refractivity contribution >= 4 is 52.1 Å². The van der Waals surface area contributed by atoms with Gasteiger partial charge in [-0.15, -0.1) is 0 Å². The Hall–Kier alpha value is -0.600. The number of benzene rings is 2. The molecule has 0 saturated heterocycles. The van der Waals surface area contributed by atoms with Crippen LogP contribution >= 0.6 is 46.4 Å². The first-order valence-corrected chi connectivity index (χ1v) is 6.20. The minimum atomic E-state index is 0.410. The summed E-state index contributed by atoms with van der Waals surface area (Å²) in [6, 6.07) is 8.48. The number of hydrogen-bond acceptors (Lipinski definition) is 1. The van der Waals surface area contributed by atoms with Crippen LogP contribution < -0.4 is 5.73 Å². The second-order valence-corrected chi connectivity index (χ2v) is 5.14. The van der Waals surface area contributed by atoms with Gasteiger partial charge in [0.2, 0.25) is 0 Å². The van der Waals surface area contributed by atoms with Crippen LogP contribution in [0.3, 0.4) is 0 Å². The van der Waals surface area contributed by atoms with E-state index < -0.39 is 0 Å². The molecular weight excluding hydrogens is 300 g/mol. The van der Waals surface area contributed by atoms with Crippen molar-refractivity contribution in [1.82, 2.24) is 0 Å². The summed E-state index contributed by atoms with van der Waals surface area (Å²) in [7, 11) is 0. The summed E-state index contributed by atoms with van der Waals surface area (Å²) in [6.07, 6.45) is 0. The van der Waals surface area contributed by atoms with Gasteiger partial charge in [0.1, 0.15) is 0 Å². The van der Waals surface area contributed by atoms with Gasteiger partial charge in [-0.3, -0.25) is 0 Å². The predicted octanol–water partition coefficient (Wildman–Crippen LogP) is 5.55. The molecule has 0 aromatic heterocycles. The molecule has 0 heterocycles. The number of halogens is 4. The Morgan fingerprint density at radius 2 is 1.35 bits per heavy atom. The third-order valence-corrected chi connectivity index (χ3v) is 3.58. The van der Waals surface area contributed by atoms with Gasteiger partial charge in [-0.25, -0.2) is 0 Å². The second kappa shape index (κ2) is 4.95. The minimum Gasteiger partial charge on any atom is -0.398 e. The molecule has 0 aliphatic rings. The highest BCUT2D eigenvalue weighted by atomic mass is 35.5. The number of hydrogen-bond donors (Lipinski definition) is 1. The van der Waals surface area contributed by atoms with Crippen molar-refractivity contribution in [1.29, 1.82) is 0 Å². The van der Waals surface area contributed by atoms with Gasteiger partial charge in [0.05, 0.1) is 15.1 Å². The summed E-state index contributed by atoms with van der Waals surface area (Å²) >= 11 is 23.8. The summed E-state index contributed by atoms with van der Waals surface area (Å²) < 4.78 is 0. The predicted molar refractivity (Wildman–Crippen MR) is 76.3 cm³/mol. The lowest BCUT2D eigenvalue weighted by Gasteiger charge is -2.09. The van der Waals surface area contributed by atoms with Crippen LogP contribution in [0.4, 0.5) is 5.69 Å². The Labute approximate surface area is 119 Å². The molecule has 2 aromatic rings. The molecule has 0 unspecified atom stereocenters. The van der Waals surface area contributed by atoms with E-state index in [4.69, 9.17) is 52.1 Å². The van der Waals surface area contributed by atoms with Gasteiger partial charge in [-0.2, -0.15) is 0 Å². The maximum Gasteiger partial charge on any atom is 0.0607 e. The first-order valence-electron chi connectivity index (χ1n) is 4.69. The van der Waals surface area contributed by atoms with Crippen molar-refractivity contribution < 1.29 is 0 Å². The Kier molecular flexibility index (Phi) is 3.74. The van der Waals surface area contributed by atoms with Crippen molar-refractivity contribution in [2.24, 2.45) is 0 Å². The second-order valence-electron chi connectivity index (χ2n) is 3.48. The Bertz CT molecular complexity index is 581. The largest absolute Gasteiger partial charge is 0.398 e. The zero-order chi connectivity index (χ0) is 12.6. The van der Waals surface area contributed by atoms with Gasteiger partial charge in [0.15, 0.2) is 0 Å². The van der Waals surface area contributed by atoms with E-state index in [-0.39, 0.29) is 0 Å². The van der Waals surface area contributed by atoms with Gasteiger partial charge < -0.3 is 5.73 Å². The lowest BCUT2D eigenvalue weighted by Crippen LogP contribution is -1.90. The van der Waals surface area contributed by atoms with E-state index in [9.17, 15) is 0 Å². The van der Waals surface area contributed by atoms with E-state index in [1.165, 1.54) is 0 Å². The number of nitrogens with two attached hydrogens (primary N) is 1. The summed E-state index contributed by atoms with van der Waals surface area (Å²) in [4.78, 5) is 0. The van der Waals surface area contributed by atoms with Gasteiger partial charge >= 0.3 is 0 Å². The highest BCUT2D eigenvalue weighted by molar-refractivity contribution is 6.44. The average Bonchev–Trinajstić information content (AvgIpc) is 2.24. The lowest BCUT2D eigenvalue weighted by atomic mass is 10.0. The number of rotatable bonds is 1. The number of anilines is 1. The smallest absolute Gasteiger partial charge is 0.0607 e. The van der Waals surface area contributed by atoms with Crippen LogP contribution in [0.15, 0.2) is 30.3 Å². The molecule has 0 radical (unpaired) electrons. The zero-order valence-corrected chi connectivity index (χ0v) is 11.5. The maximum atomic E-state index is 6.12. The molecule has 0 fully saturated rings. The topological polar surface area (TPSA) is 26.0 Å². The van der Waals surface area contributed by atoms with Crippen LogP contribution in [-0.4, -0.2) is 0 Å². The SMILES string of the molecule is Nc1cc(Cl)ccc1-c1cc(Cl)c(Cl)cc1Cl. The molecule has 0 spiro atoms. The Morgan fingerprint density at radius 1 is 0.706 bits per heavy atom. The normalized spacial score (nSPS) is 10.6. The first-order chi connectivity index (χ1) is 7.99. The summed E-state index contributed by atoms with van der Waals surface area (Å²) in [5, 5.41) is 1.91. The summed E-state index contributed by atoms with van der Waals surface area (Å²) in [5.74, 6) is 0. The summed E-state index contributed by atoms with van der Waals surface area (Å²) in [5.41, 5.74) is 7.94. The lowest BCUT2D eigenvalue weighted by molar-refractivity contribution is 1.61. The van der Waals surface area contributed by atoms with E-state index in [0.717, 1.165) is 11.1 Å². The van der Waals surface area contributed by atoms with Crippen molar-refractivity contribution in [3.8, 4) is 11.1 Å². The molecule has 0 saturated carbocycles. The average molecular weight is 307 g/mol. The third-order valence-electron chi connectivity index (χ3n) is 2.31. The van der Waals surface area contributed by atoms with Crippen molar-refractivity contribution in [2.45, 2.75) is 0 Å². The monoisotopic (exact) mass is 305 g/mol. The molecule has 0 amide bonds. The Morgan fingerprint density at radius 3 is 2.00 bits per heavy atom. The molecule has 5 heteroatoms. The molecule has 17 heavy (non-hydrogen) atoms. The zero-order valence-electron chi connectivity index (χ0n) is 8.48. The highest BCUT2D eigenvalue weighted by Crippen LogP contribution is 2.38. The molecule has 2 N–H and O–H groups in total.